The zero-order chi connectivity index (χ0) is 23.9. The van der Waals surface area contributed by atoms with Crippen molar-refractivity contribution < 1.29 is 18.7 Å². The molecule has 1 aliphatic carbocycles. The third kappa shape index (κ3) is 6.21. The zero-order valence-electron chi connectivity index (χ0n) is 18.7. The SMILES string of the molecule is CN(CC(=O)Nc1ccc(OC2CCCC2)c(F)c1)[C@@H](COc1ccccc1Cl)c1nn[nH]n1. The first-order valence-electron chi connectivity index (χ1n) is 11.1. The zero-order valence-corrected chi connectivity index (χ0v) is 19.5. The normalized spacial score (nSPS) is 14.8. The lowest BCUT2D eigenvalue weighted by Gasteiger charge is -2.25. The minimum Gasteiger partial charge on any atom is -0.490 e. The number of amides is 1. The summed E-state index contributed by atoms with van der Waals surface area (Å²) < 4.78 is 26.1. The van der Waals surface area contributed by atoms with Crippen LogP contribution in [0, 0.1) is 5.82 Å². The molecule has 0 bridgehead atoms. The molecule has 0 saturated heterocycles. The van der Waals surface area contributed by atoms with Gasteiger partial charge in [-0.05, 0) is 57.0 Å². The van der Waals surface area contributed by atoms with Crippen LogP contribution in [0.2, 0.25) is 5.02 Å². The Balaban J connectivity index is 1.36. The van der Waals surface area contributed by atoms with E-state index < -0.39 is 11.9 Å². The highest BCUT2D eigenvalue weighted by molar-refractivity contribution is 6.32. The van der Waals surface area contributed by atoms with Crippen molar-refractivity contribution in [3.05, 3.63) is 59.1 Å². The Morgan fingerprint density at radius 1 is 1.26 bits per heavy atom. The molecule has 1 heterocycles. The highest BCUT2D eigenvalue weighted by Gasteiger charge is 2.25. The molecule has 0 spiro atoms. The molecule has 34 heavy (non-hydrogen) atoms. The van der Waals surface area contributed by atoms with Crippen molar-refractivity contribution in [2.75, 3.05) is 25.5 Å². The molecular formula is C23H26ClFN6O3. The number of carbonyl (C=O) groups is 1. The number of H-pyrrole nitrogens is 1. The topological polar surface area (TPSA) is 105 Å². The molecular weight excluding hydrogens is 463 g/mol. The molecule has 0 aliphatic heterocycles. The van der Waals surface area contributed by atoms with Gasteiger partial charge in [-0.25, -0.2) is 4.39 Å². The van der Waals surface area contributed by atoms with E-state index in [4.69, 9.17) is 21.1 Å². The summed E-state index contributed by atoms with van der Waals surface area (Å²) in [5, 5.41) is 17.3. The molecule has 0 radical (unpaired) electrons. The van der Waals surface area contributed by atoms with Crippen molar-refractivity contribution in [1.82, 2.24) is 25.5 Å². The van der Waals surface area contributed by atoms with E-state index in [9.17, 15) is 9.18 Å². The fraction of sp³-hybridized carbons (Fsp3) is 0.391. The Morgan fingerprint density at radius 3 is 2.76 bits per heavy atom. The van der Waals surface area contributed by atoms with Gasteiger partial charge in [-0.1, -0.05) is 28.9 Å². The average Bonchev–Trinajstić information content (AvgIpc) is 3.51. The minimum atomic E-state index is -0.504. The van der Waals surface area contributed by atoms with Crippen molar-refractivity contribution >= 4 is 23.2 Å². The van der Waals surface area contributed by atoms with Gasteiger partial charge in [0, 0.05) is 11.8 Å². The molecule has 3 aromatic rings. The highest BCUT2D eigenvalue weighted by atomic mass is 35.5. The van der Waals surface area contributed by atoms with Crippen LogP contribution in [0.25, 0.3) is 0 Å². The van der Waals surface area contributed by atoms with Gasteiger partial charge in [0.05, 0.1) is 17.7 Å². The van der Waals surface area contributed by atoms with Crippen molar-refractivity contribution in [2.24, 2.45) is 0 Å². The van der Waals surface area contributed by atoms with Gasteiger partial charge >= 0.3 is 0 Å². The molecule has 0 unspecified atom stereocenters. The van der Waals surface area contributed by atoms with Gasteiger partial charge in [-0.3, -0.25) is 9.69 Å². The lowest BCUT2D eigenvalue weighted by molar-refractivity contribution is -0.117. The van der Waals surface area contributed by atoms with Crippen LogP contribution >= 0.6 is 11.6 Å². The number of likely N-dealkylation sites (N-methyl/N-ethyl adjacent to an activating group) is 1. The number of aromatic nitrogens is 4. The lowest BCUT2D eigenvalue weighted by Crippen LogP contribution is -2.36. The maximum Gasteiger partial charge on any atom is 0.238 e. The number of carbonyl (C=O) groups excluding carboxylic acids is 1. The second-order valence-electron chi connectivity index (χ2n) is 8.16. The average molecular weight is 489 g/mol. The van der Waals surface area contributed by atoms with Crippen LogP contribution in [-0.4, -0.2) is 57.7 Å². The molecule has 180 valence electrons. The number of rotatable bonds is 10. The number of hydrogen-bond acceptors (Lipinski definition) is 7. The molecule has 1 fully saturated rings. The first-order chi connectivity index (χ1) is 16.5. The fourth-order valence-electron chi connectivity index (χ4n) is 3.84. The Labute approximate surface area is 201 Å². The van der Waals surface area contributed by atoms with Gasteiger partial charge in [0.15, 0.2) is 17.4 Å². The van der Waals surface area contributed by atoms with E-state index in [-0.39, 0.29) is 30.9 Å². The van der Waals surface area contributed by atoms with E-state index in [1.165, 1.54) is 6.07 Å². The van der Waals surface area contributed by atoms with Gasteiger partial charge in [0.25, 0.3) is 0 Å². The lowest BCUT2D eigenvalue weighted by atomic mass is 10.2. The predicted molar refractivity (Wildman–Crippen MR) is 124 cm³/mol. The first kappa shape index (κ1) is 23.9. The quantitative estimate of drug-likeness (QED) is 0.444. The maximum atomic E-state index is 14.5. The van der Waals surface area contributed by atoms with E-state index >= 15 is 0 Å². The smallest absolute Gasteiger partial charge is 0.238 e. The minimum absolute atomic E-state index is 0.0208. The number of hydrogen-bond donors (Lipinski definition) is 2. The predicted octanol–water partition coefficient (Wildman–Crippen LogP) is 4.00. The van der Waals surface area contributed by atoms with E-state index in [2.05, 4.69) is 25.9 Å². The van der Waals surface area contributed by atoms with Crippen LogP contribution < -0.4 is 14.8 Å². The number of benzene rings is 2. The standard InChI is InChI=1S/C23H26ClFN6O3/c1-31(19(23-27-29-30-28-23)14-33-20-9-5-4-8-17(20)24)13-22(32)26-15-10-11-21(18(25)12-15)34-16-6-2-3-7-16/h4-5,8-12,16,19H,2-3,6-7,13-14H2,1H3,(H,26,32)(H,27,28,29,30)/t19-/m0/s1. The van der Waals surface area contributed by atoms with Gasteiger partial charge in [0.1, 0.15) is 18.4 Å². The summed E-state index contributed by atoms with van der Waals surface area (Å²) >= 11 is 6.17. The molecule has 11 heteroatoms. The number of para-hydroxylation sites is 1. The summed E-state index contributed by atoms with van der Waals surface area (Å²) in [6.45, 7) is 0.113. The first-order valence-corrected chi connectivity index (χ1v) is 11.4. The van der Waals surface area contributed by atoms with Crippen LogP contribution in [-0.2, 0) is 4.79 Å². The van der Waals surface area contributed by atoms with Gasteiger partial charge < -0.3 is 14.8 Å². The van der Waals surface area contributed by atoms with Crippen LogP contribution in [0.4, 0.5) is 10.1 Å². The number of aromatic amines is 1. The van der Waals surface area contributed by atoms with Crippen LogP contribution in [0.5, 0.6) is 11.5 Å². The molecule has 2 aromatic carbocycles. The second-order valence-corrected chi connectivity index (χ2v) is 8.57. The molecule has 1 aliphatic rings. The van der Waals surface area contributed by atoms with Crippen LogP contribution in [0.1, 0.15) is 37.5 Å². The molecule has 1 aromatic heterocycles. The summed E-state index contributed by atoms with van der Waals surface area (Å²) in [7, 11) is 1.73. The Bertz CT molecular complexity index is 1090. The number of tetrazole rings is 1. The van der Waals surface area contributed by atoms with Gasteiger partial charge in [-0.2, -0.15) is 5.21 Å². The number of halogens is 2. The molecule has 1 atom stereocenters. The number of ether oxygens (including phenoxy) is 2. The van der Waals surface area contributed by atoms with Gasteiger partial charge in [0.2, 0.25) is 5.91 Å². The number of nitrogens with zero attached hydrogens (tertiary/aromatic N) is 4. The molecule has 2 N–H and O–H groups in total. The summed E-state index contributed by atoms with van der Waals surface area (Å²) in [5.74, 6) is 0.233. The Kier molecular flexibility index (Phi) is 7.91. The molecule has 1 amide bonds. The summed E-state index contributed by atoms with van der Waals surface area (Å²) in [6.07, 6.45) is 4.13. The van der Waals surface area contributed by atoms with Crippen molar-refractivity contribution in [3.63, 3.8) is 0 Å². The maximum absolute atomic E-state index is 14.5. The molecule has 4 rings (SSSR count). The van der Waals surface area contributed by atoms with E-state index in [1.807, 2.05) is 6.07 Å². The Morgan fingerprint density at radius 2 is 2.06 bits per heavy atom. The third-order valence-corrected chi connectivity index (χ3v) is 5.94. The monoisotopic (exact) mass is 488 g/mol. The molecule has 1 saturated carbocycles. The third-order valence-electron chi connectivity index (χ3n) is 5.63. The van der Waals surface area contributed by atoms with E-state index in [0.717, 1.165) is 25.7 Å². The van der Waals surface area contributed by atoms with Crippen molar-refractivity contribution in [3.8, 4) is 11.5 Å². The molecule has 9 nitrogen and oxygen atoms in total. The largest absolute Gasteiger partial charge is 0.490 e. The Hall–Kier alpha value is -3.24. The van der Waals surface area contributed by atoms with Crippen molar-refractivity contribution in [1.29, 1.82) is 0 Å². The van der Waals surface area contributed by atoms with E-state index in [1.54, 1.807) is 42.3 Å². The summed E-state index contributed by atoms with van der Waals surface area (Å²) in [5.41, 5.74) is 0.345. The van der Waals surface area contributed by atoms with Crippen LogP contribution in [0.15, 0.2) is 42.5 Å². The van der Waals surface area contributed by atoms with Crippen molar-refractivity contribution in [2.45, 2.75) is 37.8 Å². The second kappa shape index (κ2) is 11.3. The summed E-state index contributed by atoms with van der Waals surface area (Å²) in [6, 6.07) is 11.0. The van der Waals surface area contributed by atoms with Gasteiger partial charge in [-0.15, -0.1) is 10.2 Å². The number of anilines is 1. The fourth-order valence-corrected chi connectivity index (χ4v) is 4.03. The van der Waals surface area contributed by atoms with Crippen LogP contribution in [0.3, 0.4) is 0 Å². The number of nitrogens with one attached hydrogen (secondary N) is 2. The highest BCUT2D eigenvalue weighted by Crippen LogP contribution is 2.28. The van der Waals surface area contributed by atoms with E-state index in [0.29, 0.717) is 22.3 Å². The summed E-state index contributed by atoms with van der Waals surface area (Å²) in [4.78, 5) is 14.4.